The summed E-state index contributed by atoms with van der Waals surface area (Å²) in [6.45, 7) is 7.38. The molecule has 0 saturated carbocycles. The maximum Gasteiger partial charge on any atom is 0.106 e. The van der Waals surface area contributed by atoms with Crippen LogP contribution in [0.15, 0.2) is 28.8 Å². The Morgan fingerprint density at radius 3 is 2.71 bits per heavy atom. The summed E-state index contributed by atoms with van der Waals surface area (Å²) in [4.78, 5) is 3.85. The summed E-state index contributed by atoms with van der Waals surface area (Å²) in [5.74, 6) is 1.08. The summed E-state index contributed by atoms with van der Waals surface area (Å²) >= 11 is 0. The smallest absolute Gasteiger partial charge is 0.106 e. The number of hydrogen-bond acceptors (Lipinski definition) is 4. The molecule has 0 heterocycles. The van der Waals surface area contributed by atoms with E-state index in [-0.39, 0.29) is 0 Å². The Morgan fingerprint density at radius 1 is 1.36 bits per heavy atom. The zero-order valence-electron chi connectivity index (χ0n) is 8.32. The van der Waals surface area contributed by atoms with Crippen LogP contribution < -0.4 is 0 Å². The van der Waals surface area contributed by atoms with Crippen molar-refractivity contribution < 1.29 is 5.11 Å². The Labute approximate surface area is 94.0 Å². The molecule has 2 nitrogen and oxygen atoms in total. The quantitative estimate of drug-likeness (QED) is 0.286. The number of hydrogen-bond donors (Lipinski definition) is 1. The molecular formula is C10H17NOS2. The van der Waals surface area contributed by atoms with Gasteiger partial charge in [-0.1, -0.05) is 29.9 Å². The van der Waals surface area contributed by atoms with E-state index in [4.69, 9.17) is 5.11 Å². The third-order valence-electron chi connectivity index (χ3n) is 1.45. The lowest BCUT2D eigenvalue weighted by molar-refractivity contribution is 0.284. The molecule has 0 aliphatic carbocycles. The lowest BCUT2D eigenvalue weighted by atomic mass is 10.3. The van der Waals surface area contributed by atoms with Crippen molar-refractivity contribution in [2.45, 2.75) is 19.3 Å². The zero-order valence-corrected chi connectivity index (χ0v) is 9.95. The first kappa shape index (κ1) is 13.8. The summed E-state index contributed by atoms with van der Waals surface area (Å²) in [5, 5.41) is 9.46. The van der Waals surface area contributed by atoms with Gasteiger partial charge in [0.25, 0.3) is 0 Å². The van der Waals surface area contributed by atoms with Crippen molar-refractivity contribution in [1.29, 1.82) is 0 Å². The molecule has 0 aromatic heterocycles. The molecule has 0 saturated heterocycles. The number of aliphatic imine (C=N–C) groups is 1. The van der Waals surface area contributed by atoms with E-state index in [1.807, 2.05) is 6.08 Å². The van der Waals surface area contributed by atoms with Crippen LogP contribution in [0.25, 0.3) is 0 Å². The van der Waals surface area contributed by atoms with Crippen molar-refractivity contribution in [2.75, 3.05) is 12.4 Å². The lowest BCUT2D eigenvalue weighted by Gasteiger charge is -2.00. The van der Waals surface area contributed by atoms with Crippen molar-refractivity contribution in [3.8, 4) is 0 Å². The molecule has 14 heavy (non-hydrogen) atoms. The van der Waals surface area contributed by atoms with E-state index in [0.717, 1.165) is 30.0 Å². The van der Waals surface area contributed by atoms with Crippen molar-refractivity contribution in [3.63, 3.8) is 0 Å². The second kappa shape index (κ2) is 10.9. The minimum Gasteiger partial charge on any atom is -0.396 e. The highest BCUT2D eigenvalue weighted by Crippen LogP contribution is 2.31. The normalized spacial score (nSPS) is 11.4. The number of allylic oxidation sites excluding steroid dienone is 2. The number of aliphatic hydroxyl groups excluding tert-OH is 1. The first-order chi connectivity index (χ1) is 6.85. The zero-order chi connectivity index (χ0) is 10.6. The third kappa shape index (κ3) is 8.41. The van der Waals surface area contributed by atoms with Crippen LogP contribution in [0, 0.1) is 0 Å². The highest BCUT2D eigenvalue weighted by Gasteiger charge is 1.94. The van der Waals surface area contributed by atoms with Crippen LogP contribution >= 0.6 is 21.6 Å². The molecule has 80 valence electrons. The van der Waals surface area contributed by atoms with Gasteiger partial charge >= 0.3 is 0 Å². The van der Waals surface area contributed by atoms with E-state index >= 15 is 0 Å². The summed E-state index contributed by atoms with van der Waals surface area (Å²) in [7, 11) is 3.38. The van der Waals surface area contributed by atoms with Gasteiger partial charge in [0.1, 0.15) is 5.03 Å². The Hall–Kier alpha value is -0.190. The monoisotopic (exact) mass is 231 g/mol. The molecule has 0 atom stereocenters. The molecule has 1 N–H and O–H groups in total. The number of nitrogens with zero attached hydrogens (tertiary/aromatic N) is 1. The SMILES string of the molecule is C=CC=C(N=C)SSCCCCCO. The van der Waals surface area contributed by atoms with Crippen LogP contribution in [0.1, 0.15) is 19.3 Å². The standard InChI is InChI=1S/C10H17NOS2/c1-3-7-10(11-2)14-13-9-6-4-5-8-12/h3,7,12H,1-2,4-6,8-9H2. The Balaban J connectivity index is 3.38. The molecule has 0 bridgehead atoms. The van der Waals surface area contributed by atoms with Gasteiger partial charge in [-0.3, -0.25) is 4.99 Å². The Morgan fingerprint density at radius 2 is 2.14 bits per heavy atom. The van der Waals surface area contributed by atoms with E-state index in [0.29, 0.717) is 6.61 Å². The van der Waals surface area contributed by atoms with Crippen molar-refractivity contribution in [1.82, 2.24) is 0 Å². The highest BCUT2D eigenvalue weighted by atomic mass is 33.1. The minimum absolute atomic E-state index is 0.299. The van der Waals surface area contributed by atoms with Crippen LogP contribution in [-0.4, -0.2) is 24.2 Å². The largest absolute Gasteiger partial charge is 0.396 e. The van der Waals surface area contributed by atoms with Crippen molar-refractivity contribution in [3.05, 3.63) is 23.8 Å². The van der Waals surface area contributed by atoms with Gasteiger partial charge in [-0.25, -0.2) is 0 Å². The fraction of sp³-hybridized carbons (Fsp3) is 0.500. The minimum atomic E-state index is 0.299. The fourth-order valence-electron chi connectivity index (χ4n) is 0.759. The second-order valence-electron chi connectivity index (χ2n) is 2.59. The molecule has 0 aliphatic rings. The number of rotatable bonds is 9. The van der Waals surface area contributed by atoms with Gasteiger partial charge in [-0.2, -0.15) is 0 Å². The van der Waals surface area contributed by atoms with Gasteiger partial charge in [0, 0.05) is 12.4 Å². The average Bonchev–Trinajstić information content (AvgIpc) is 2.21. The van der Waals surface area contributed by atoms with Gasteiger partial charge in [-0.05, 0) is 36.4 Å². The molecule has 0 aliphatic heterocycles. The number of unbranched alkanes of at least 4 members (excludes halogenated alkanes) is 2. The molecule has 4 heteroatoms. The third-order valence-corrected chi connectivity index (χ3v) is 3.82. The van der Waals surface area contributed by atoms with Gasteiger partial charge in [0.05, 0.1) is 0 Å². The summed E-state index contributed by atoms with van der Waals surface area (Å²) in [6, 6.07) is 0. The summed E-state index contributed by atoms with van der Waals surface area (Å²) in [5.41, 5.74) is 0. The topological polar surface area (TPSA) is 32.6 Å². The Bertz CT molecular complexity index is 193. The maximum absolute atomic E-state index is 8.56. The van der Waals surface area contributed by atoms with Crippen LogP contribution in [0.5, 0.6) is 0 Å². The highest BCUT2D eigenvalue weighted by molar-refractivity contribution is 8.78. The van der Waals surface area contributed by atoms with Crippen LogP contribution in [-0.2, 0) is 0 Å². The van der Waals surface area contributed by atoms with E-state index < -0.39 is 0 Å². The molecule has 0 fully saturated rings. The first-order valence-electron chi connectivity index (χ1n) is 4.55. The molecule has 0 spiro atoms. The predicted molar refractivity (Wildman–Crippen MR) is 68.8 cm³/mol. The molecule has 0 radical (unpaired) electrons. The summed E-state index contributed by atoms with van der Waals surface area (Å²) in [6.07, 6.45) is 6.69. The van der Waals surface area contributed by atoms with Crippen molar-refractivity contribution in [2.24, 2.45) is 4.99 Å². The van der Waals surface area contributed by atoms with E-state index in [1.165, 1.54) is 0 Å². The molecular weight excluding hydrogens is 214 g/mol. The van der Waals surface area contributed by atoms with E-state index in [9.17, 15) is 0 Å². The van der Waals surface area contributed by atoms with Gasteiger partial charge in [0.2, 0.25) is 0 Å². The second-order valence-corrected chi connectivity index (χ2v) is 5.02. The molecule has 0 aromatic rings. The lowest BCUT2D eigenvalue weighted by Crippen LogP contribution is -1.83. The summed E-state index contributed by atoms with van der Waals surface area (Å²) < 4.78 is 0. The van der Waals surface area contributed by atoms with Gasteiger partial charge < -0.3 is 5.11 Å². The first-order valence-corrected chi connectivity index (χ1v) is 6.86. The molecule has 0 rings (SSSR count). The van der Waals surface area contributed by atoms with Crippen molar-refractivity contribution >= 4 is 28.3 Å². The maximum atomic E-state index is 8.56. The molecule has 0 unspecified atom stereocenters. The van der Waals surface area contributed by atoms with Gasteiger partial charge in [-0.15, -0.1) is 0 Å². The predicted octanol–water partition coefficient (Wildman–Crippen LogP) is 3.26. The average molecular weight is 231 g/mol. The van der Waals surface area contributed by atoms with E-state index in [2.05, 4.69) is 18.3 Å². The fourth-order valence-corrected chi connectivity index (χ4v) is 2.78. The van der Waals surface area contributed by atoms with Crippen LogP contribution in [0.2, 0.25) is 0 Å². The Kier molecular flexibility index (Phi) is 10.7. The molecule has 0 amide bonds. The van der Waals surface area contributed by atoms with Crippen LogP contribution in [0.3, 0.4) is 0 Å². The van der Waals surface area contributed by atoms with Crippen LogP contribution in [0.4, 0.5) is 0 Å². The van der Waals surface area contributed by atoms with E-state index in [1.54, 1.807) is 27.7 Å². The van der Waals surface area contributed by atoms with Gasteiger partial charge in [0.15, 0.2) is 0 Å². The number of aliphatic hydroxyl groups is 1. The molecule has 0 aromatic carbocycles.